The van der Waals surface area contributed by atoms with Crippen molar-refractivity contribution in [3.8, 4) is 28.7 Å². The fraction of sp³-hybridized carbons (Fsp3) is 0.154. The number of aromatic hydroxyl groups is 1. The number of phenolic OH excluding ortho intramolecular Hbond substituents is 1. The highest BCUT2D eigenvalue weighted by Crippen LogP contribution is 2.45. The molecule has 0 spiro atoms. The van der Waals surface area contributed by atoms with Crippen LogP contribution in [0.1, 0.15) is 23.5 Å². The zero-order chi connectivity index (χ0) is 23.1. The fourth-order valence-electron chi connectivity index (χ4n) is 4.41. The van der Waals surface area contributed by atoms with E-state index in [1.54, 1.807) is 16.7 Å². The van der Waals surface area contributed by atoms with Gasteiger partial charge in [-0.1, -0.05) is 30.3 Å². The number of pyridine rings is 1. The minimum absolute atomic E-state index is 0.0353. The Balaban J connectivity index is 1.85. The van der Waals surface area contributed by atoms with Crippen molar-refractivity contribution < 1.29 is 24.1 Å². The molecular formula is C26H21NO6. The van der Waals surface area contributed by atoms with E-state index in [2.05, 4.69) is 0 Å². The lowest BCUT2D eigenvalue weighted by atomic mass is 9.85. The van der Waals surface area contributed by atoms with Crippen LogP contribution in [0.25, 0.3) is 16.6 Å². The zero-order valence-corrected chi connectivity index (χ0v) is 18.1. The predicted octanol–water partition coefficient (Wildman–Crippen LogP) is 4.15. The molecule has 0 bridgehead atoms. The summed E-state index contributed by atoms with van der Waals surface area (Å²) in [4.78, 5) is 26.6. The molecule has 5 rings (SSSR count). The molecule has 0 radical (unpaired) electrons. The van der Waals surface area contributed by atoms with Crippen molar-refractivity contribution in [1.82, 2.24) is 4.57 Å². The molecule has 0 aliphatic carbocycles. The number of fused-ring (bicyclic) bond motifs is 3. The standard InChI is InChI=1S/C26H21NO6/c1-31-20-12-15(13-21(32-2)24(20)29)18-14-22(28)33-25-17-10-6-7-11-19(17)27(26(30)23(18)25)16-8-4-3-5-9-16/h3-13,18,29H,14H2,1-2H3. The van der Waals surface area contributed by atoms with E-state index in [-0.39, 0.29) is 35.0 Å². The Morgan fingerprint density at radius 3 is 2.24 bits per heavy atom. The Kier molecular flexibility index (Phi) is 5.01. The molecule has 2 heterocycles. The second kappa shape index (κ2) is 8.02. The molecule has 1 unspecified atom stereocenters. The molecule has 0 amide bonds. The molecule has 1 atom stereocenters. The van der Waals surface area contributed by atoms with Gasteiger partial charge in [-0.05, 0) is 42.0 Å². The Bertz CT molecular complexity index is 1420. The first-order valence-electron chi connectivity index (χ1n) is 10.4. The van der Waals surface area contributed by atoms with Crippen LogP contribution in [0.4, 0.5) is 0 Å². The number of carbonyl (C=O) groups is 1. The molecule has 33 heavy (non-hydrogen) atoms. The van der Waals surface area contributed by atoms with Gasteiger partial charge in [0.2, 0.25) is 5.75 Å². The number of hydrogen-bond acceptors (Lipinski definition) is 6. The molecule has 1 aromatic heterocycles. The van der Waals surface area contributed by atoms with Gasteiger partial charge in [0, 0.05) is 17.0 Å². The Hall–Kier alpha value is -4.26. The first kappa shape index (κ1) is 20.6. The number of benzene rings is 3. The summed E-state index contributed by atoms with van der Waals surface area (Å²) in [6.07, 6.45) is -0.0353. The SMILES string of the molecule is COc1cc(C2CC(=O)Oc3c2c(=O)n(-c2ccccc2)c2ccccc32)cc(OC)c1O. The number of phenols is 1. The van der Waals surface area contributed by atoms with E-state index in [0.717, 1.165) is 0 Å². The van der Waals surface area contributed by atoms with E-state index in [1.807, 2.05) is 54.6 Å². The number of carbonyl (C=O) groups excluding carboxylic acids is 1. The highest BCUT2D eigenvalue weighted by atomic mass is 16.5. The third-order valence-corrected chi connectivity index (χ3v) is 5.92. The summed E-state index contributed by atoms with van der Waals surface area (Å²) in [5.74, 6) is -0.571. The topological polar surface area (TPSA) is 87.0 Å². The van der Waals surface area contributed by atoms with Crippen molar-refractivity contribution in [2.24, 2.45) is 0 Å². The van der Waals surface area contributed by atoms with Gasteiger partial charge in [0.1, 0.15) is 5.75 Å². The summed E-state index contributed by atoms with van der Waals surface area (Å²) in [7, 11) is 2.86. The van der Waals surface area contributed by atoms with E-state index in [9.17, 15) is 14.7 Å². The van der Waals surface area contributed by atoms with Gasteiger partial charge in [0.05, 0.1) is 31.7 Å². The number of aromatic nitrogens is 1. The normalized spacial score (nSPS) is 15.1. The molecule has 1 aliphatic heterocycles. The Labute approximate surface area is 189 Å². The lowest BCUT2D eigenvalue weighted by molar-refractivity contribution is -0.135. The van der Waals surface area contributed by atoms with Gasteiger partial charge >= 0.3 is 5.97 Å². The summed E-state index contributed by atoms with van der Waals surface area (Å²) in [5.41, 5.74) is 2.04. The monoisotopic (exact) mass is 443 g/mol. The van der Waals surface area contributed by atoms with Crippen molar-refractivity contribution >= 4 is 16.9 Å². The van der Waals surface area contributed by atoms with Gasteiger partial charge in [-0.25, -0.2) is 0 Å². The third-order valence-electron chi connectivity index (χ3n) is 5.92. The average Bonchev–Trinajstić information content (AvgIpc) is 2.84. The van der Waals surface area contributed by atoms with Gasteiger partial charge in [0.25, 0.3) is 5.56 Å². The van der Waals surface area contributed by atoms with Crippen LogP contribution in [0, 0.1) is 0 Å². The number of hydrogen-bond donors (Lipinski definition) is 1. The Morgan fingerprint density at radius 2 is 1.58 bits per heavy atom. The van der Waals surface area contributed by atoms with Gasteiger partial charge in [-0.2, -0.15) is 0 Å². The molecule has 4 aromatic rings. The summed E-state index contributed by atoms with van der Waals surface area (Å²) in [5, 5.41) is 11.0. The lowest BCUT2D eigenvalue weighted by Crippen LogP contribution is -2.32. The molecule has 166 valence electrons. The van der Waals surface area contributed by atoms with Crippen molar-refractivity contribution in [1.29, 1.82) is 0 Å². The van der Waals surface area contributed by atoms with Crippen LogP contribution in [-0.2, 0) is 4.79 Å². The summed E-state index contributed by atoms with van der Waals surface area (Å²) in [6.45, 7) is 0. The molecule has 0 saturated carbocycles. The van der Waals surface area contributed by atoms with Gasteiger partial charge in [-0.15, -0.1) is 0 Å². The van der Waals surface area contributed by atoms with Crippen molar-refractivity contribution in [3.63, 3.8) is 0 Å². The maximum atomic E-state index is 14.0. The minimum Gasteiger partial charge on any atom is -0.502 e. The molecule has 7 nitrogen and oxygen atoms in total. The van der Waals surface area contributed by atoms with Crippen molar-refractivity contribution in [2.75, 3.05) is 14.2 Å². The highest BCUT2D eigenvalue weighted by molar-refractivity contribution is 5.92. The van der Waals surface area contributed by atoms with E-state index in [1.165, 1.54) is 14.2 Å². The number of esters is 1. The van der Waals surface area contributed by atoms with Gasteiger partial charge in [-0.3, -0.25) is 14.2 Å². The first-order chi connectivity index (χ1) is 16.0. The van der Waals surface area contributed by atoms with Crippen LogP contribution in [0.2, 0.25) is 0 Å². The van der Waals surface area contributed by atoms with Gasteiger partial charge < -0.3 is 19.3 Å². The number of methoxy groups -OCH3 is 2. The van der Waals surface area contributed by atoms with Crippen LogP contribution in [0.5, 0.6) is 23.0 Å². The maximum Gasteiger partial charge on any atom is 0.312 e. The summed E-state index contributed by atoms with van der Waals surface area (Å²) >= 11 is 0. The minimum atomic E-state index is -0.614. The van der Waals surface area contributed by atoms with E-state index in [0.29, 0.717) is 27.7 Å². The molecule has 0 fully saturated rings. The summed E-state index contributed by atoms with van der Waals surface area (Å²) < 4.78 is 17.9. The number of ether oxygens (including phenoxy) is 3. The third kappa shape index (κ3) is 3.29. The Morgan fingerprint density at radius 1 is 0.939 bits per heavy atom. The van der Waals surface area contributed by atoms with Crippen molar-refractivity contribution in [3.05, 3.63) is 88.2 Å². The van der Waals surface area contributed by atoms with E-state index < -0.39 is 11.9 Å². The maximum absolute atomic E-state index is 14.0. The second-order valence-electron chi connectivity index (χ2n) is 7.74. The zero-order valence-electron chi connectivity index (χ0n) is 18.1. The van der Waals surface area contributed by atoms with Crippen LogP contribution in [-0.4, -0.2) is 29.9 Å². The van der Waals surface area contributed by atoms with Crippen LogP contribution in [0.3, 0.4) is 0 Å². The molecule has 1 N–H and O–H groups in total. The lowest BCUT2D eigenvalue weighted by Gasteiger charge is -2.27. The highest BCUT2D eigenvalue weighted by Gasteiger charge is 2.35. The largest absolute Gasteiger partial charge is 0.502 e. The van der Waals surface area contributed by atoms with Crippen LogP contribution < -0.4 is 19.8 Å². The van der Waals surface area contributed by atoms with E-state index in [4.69, 9.17) is 14.2 Å². The average molecular weight is 443 g/mol. The number of para-hydroxylation sites is 2. The number of nitrogens with zero attached hydrogens (tertiary/aromatic N) is 1. The second-order valence-corrected chi connectivity index (χ2v) is 7.74. The van der Waals surface area contributed by atoms with Crippen LogP contribution >= 0.6 is 0 Å². The van der Waals surface area contributed by atoms with Crippen molar-refractivity contribution in [2.45, 2.75) is 12.3 Å². The predicted molar refractivity (Wildman–Crippen MR) is 123 cm³/mol. The molecule has 7 heteroatoms. The molecule has 1 aliphatic rings. The van der Waals surface area contributed by atoms with Crippen LogP contribution in [0.15, 0.2) is 71.5 Å². The molecule has 0 saturated heterocycles. The fourth-order valence-corrected chi connectivity index (χ4v) is 4.41. The molecule has 3 aromatic carbocycles. The quantitative estimate of drug-likeness (QED) is 0.477. The summed E-state index contributed by atoms with van der Waals surface area (Å²) in [6, 6.07) is 19.9. The van der Waals surface area contributed by atoms with E-state index >= 15 is 0 Å². The molecular weight excluding hydrogens is 422 g/mol. The number of rotatable bonds is 4. The smallest absolute Gasteiger partial charge is 0.312 e. The van der Waals surface area contributed by atoms with Gasteiger partial charge in [0.15, 0.2) is 11.5 Å². The first-order valence-corrected chi connectivity index (χ1v) is 10.4.